The van der Waals surface area contributed by atoms with Crippen LogP contribution in [0.2, 0.25) is 0 Å². The van der Waals surface area contributed by atoms with Crippen molar-refractivity contribution in [1.82, 2.24) is 15.2 Å². The lowest BCUT2D eigenvalue weighted by molar-refractivity contribution is 0.0574. The van der Waals surface area contributed by atoms with E-state index in [1.807, 2.05) is 17.0 Å². The predicted molar refractivity (Wildman–Crippen MR) is 64.7 cm³/mol. The molecule has 0 aromatic carbocycles. The Morgan fingerprint density at radius 2 is 2.41 bits per heavy atom. The zero-order valence-corrected chi connectivity index (χ0v) is 9.80. The van der Waals surface area contributed by atoms with Crippen LogP contribution < -0.4 is 5.32 Å². The van der Waals surface area contributed by atoms with E-state index in [0.29, 0.717) is 17.5 Å². The van der Waals surface area contributed by atoms with E-state index in [1.54, 1.807) is 12.4 Å². The average Bonchev–Trinajstić information content (AvgIpc) is 2.87. The summed E-state index contributed by atoms with van der Waals surface area (Å²) in [4.78, 5) is 18.5. The monoisotopic (exact) mass is 231 g/mol. The maximum absolute atomic E-state index is 12.4. The van der Waals surface area contributed by atoms with Crippen LogP contribution in [0.3, 0.4) is 0 Å². The first-order valence-electron chi connectivity index (χ1n) is 6.28. The average molecular weight is 231 g/mol. The first kappa shape index (κ1) is 10.7. The van der Waals surface area contributed by atoms with E-state index in [4.69, 9.17) is 0 Å². The number of nitrogens with one attached hydrogen (secondary N) is 1. The predicted octanol–water partition coefficient (Wildman–Crippen LogP) is 0.906. The van der Waals surface area contributed by atoms with Crippen molar-refractivity contribution in [3.05, 3.63) is 30.1 Å². The molecular weight excluding hydrogens is 214 g/mol. The first-order valence-corrected chi connectivity index (χ1v) is 6.28. The number of hydrogen-bond acceptors (Lipinski definition) is 3. The molecule has 4 nitrogen and oxygen atoms in total. The van der Waals surface area contributed by atoms with E-state index < -0.39 is 0 Å². The SMILES string of the molecule is O=C(c1cccnc1)N1CCCC2CNCC21. The fraction of sp³-hybridized carbons (Fsp3) is 0.538. The van der Waals surface area contributed by atoms with Crippen molar-refractivity contribution < 1.29 is 4.79 Å². The number of piperidine rings is 1. The molecule has 2 aliphatic heterocycles. The van der Waals surface area contributed by atoms with E-state index in [0.717, 1.165) is 26.1 Å². The van der Waals surface area contributed by atoms with E-state index in [9.17, 15) is 4.79 Å². The maximum Gasteiger partial charge on any atom is 0.255 e. The highest BCUT2D eigenvalue weighted by Gasteiger charge is 2.37. The van der Waals surface area contributed by atoms with Crippen LogP contribution >= 0.6 is 0 Å². The van der Waals surface area contributed by atoms with Crippen LogP contribution in [0, 0.1) is 5.92 Å². The Morgan fingerprint density at radius 1 is 1.47 bits per heavy atom. The second kappa shape index (κ2) is 4.45. The van der Waals surface area contributed by atoms with Crippen molar-refractivity contribution in [3.63, 3.8) is 0 Å². The highest BCUT2D eigenvalue weighted by Crippen LogP contribution is 2.27. The molecule has 2 unspecified atom stereocenters. The van der Waals surface area contributed by atoms with Crippen LogP contribution in [0.15, 0.2) is 24.5 Å². The van der Waals surface area contributed by atoms with Crippen LogP contribution in [0.5, 0.6) is 0 Å². The largest absolute Gasteiger partial charge is 0.334 e. The third-order valence-electron chi connectivity index (χ3n) is 3.85. The molecule has 2 saturated heterocycles. The fourth-order valence-corrected chi connectivity index (χ4v) is 2.98. The Hall–Kier alpha value is -1.42. The smallest absolute Gasteiger partial charge is 0.255 e. The molecule has 90 valence electrons. The molecule has 0 aliphatic carbocycles. The molecule has 0 saturated carbocycles. The highest BCUT2D eigenvalue weighted by atomic mass is 16.2. The lowest BCUT2D eigenvalue weighted by Gasteiger charge is -2.37. The summed E-state index contributed by atoms with van der Waals surface area (Å²) in [7, 11) is 0. The minimum Gasteiger partial charge on any atom is -0.334 e. The molecule has 1 aromatic rings. The van der Waals surface area contributed by atoms with E-state index in [2.05, 4.69) is 10.3 Å². The molecule has 3 heterocycles. The van der Waals surface area contributed by atoms with Gasteiger partial charge >= 0.3 is 0 Å². The molecule has 17 heavy (non-hydrogen) atoms. The number of aromatic nitrogens is 1. The van der Waals surface area contributed by atoms with Gasteiger partial charge in [-0.2, -0.15) is 0 Å². The molecule has 1 aromatic heterocycles. The van der Waals surface area contributed by atoms with Gasteiger partial charge in [0, 0.05) is 38.1 Å². The Morgan fingerprint density at radius 3 is 3.24 bits per heavy atom. The van der Waals surface area contributed by atoms with Crippen LogP contribution in [0.25, 0.3) is 0 Å². The van der Waals surface area contributed by atoms with Crippen LogP contribution in [0.4, 0.5) is 0 Å². The summed E-state index contributed by atoms with van der Waals surface area (Å²) < 4.78 is 0. The lowest BCUT2D eigenvalue weighted by Crippen LogP contribution is -2.48. The summed E-state index contributed by atoms with van der Waals surface area (Å²) in [6.07, 6.45) is 5.73. The standard InChI is InChI=1S/C13H17N3O/c17-13(11-3-1-5-14-8-11)16-6-2-4-10-7-15-9-12(10)16/h1,3,5,8,10,12,15H,2,4,6-7,9H2. The fourth-order valence-electron chi connectivity index (χ4n) is 2.98. The van der Waals surface area contributed by atoms with Gasteiger partial charge in [-0.05, 0) is 30.9 Å². The molecule has 2 aliphatic rings. The van der Waals surface area contributed by atoms with Crippen molar-refractivity contribution in [3.8, 4) is 0 Å². The number of pyridine rings is 1. The van der Waals surface area contributed by atoms with Gasteiger partial charge in [-0.25, -0.2) is 0 Å². The van der Waals surface area contributed by atoms with Gasteiger partial charge in [-0.1, -0.05) is 0 Å². The molecule has 3 rings (SSSR count). The van der Waals surface area contributed by atoms with Gasteiger partial charge in [-0.15, -0.1) is 0 Å². The van der Waals surface area contributed by atoms with Crippen molar-refractivity contribution in [2.45, 2.75) is 18.9 Å². The highest BCUT2D eigenvalue weighted by molar-refractivity contribution is 5.94. The molecule has 1 amide bonds. The van der Waals surface area contributed by atoms with Crippen molar-refractivity contribution in [1.29, 1.82) is 0 Å². The van der Waals surface area contributed by atoms with Gasteiger partial charge in [0.2, 0.25) is 0 Å². The normalized spacial score (nSPS) is 27.9. The number of carbonyl (C=O) groups is 1. The molecule has 2 fully saturated rings. The molecule has 0 spiro atoms. The zero-order chi connectivity index (χ0) is 11.7. The van der Waals surface area contributed by atoms with Crippen LogP contribution in [-0.2, 0) is 0 Å². The molecule has 1 N–H and O–H groups in total. The van der Waals surface area contributed by atoms with Gasteiger partial charge in [0.1, 0.15) is 0 Å². The Balaban J connectivity index is 1.81. The third-order valence-corrected chi connectivity index (χ3v) is 3.85. The molecule has 0 bridgehead atoms. The number of fused-ring (bicyclic) bond motifs is 1. The van der Waals surface area contributed by atoms with Gasteiger partial charge in [0.05, 0.1) is 5.56 Å². The summed E-state index contributed by atoms with van der Waals surface area (Å²) >= 11 is 0. The number of amides is 1. The number of hydrogen-bond donors (Lipinski definition) is 1. The minimum absolute atomic E-state index is 0.136. The Bertz CT molecular complexity index is 406. The quantitative estimate of drug-likeness (QED) is 0.781. The van der Waals surface area contributed by atoms with Gasteiger partial charge in [0.15, 0.2) is 0 Å². The maximum atomic E-state index is 12.4. The molecule has 0 radical (unpaired) electrons. The topological polar surface area (TPSA) is 45.2 Å². The zero-order valence-electron chi connectivity index (χ0n) is 9.80. The summed E-state index contributed by atoms with van der Waals surface area (Å²) in [5, 5.41) is 3.39. The van der Waals surface area contributed by atoms with Gasteiger partial charge in [0.25, 0.3) is 5.91 Å². The van der Waals surface area contributed by atoms with E-state index >= 15 is 0 Å². The van der Waals surface area contributed by atoms with E-state index in [1.165, 1.54) is 6.42 Å². The number of likely N-dealkylation sites (tertiary alicyclic amines) is 1. The van der Waals surface area contributed by atoms with Crippen molar-refractivity contribution in [2.75, 3.05) is 19.6 Å². The summed E-state index contributed by atoms with van der Waals surface area (Å²) in [6.45, 7) is 2.88. The van der Waals surface area contributed by atoms with Crippen molar-refractivity contribution >= 4 is 5.91 Å². The van der Waals surface area contributed by atoms with Crippen molar-refractivity contribution in [2.24, 2.45) is 5.92 Å². The Labute approximate surface area is 101 Å². The molecule has 2 atom stereocenters. The molecular formula is C13H17N3O. The number of nitrogens with zero attached hydrogens (tertiary/aromatic N) is 2. The van der Waals surface area contributed by atoms with Crippen LogP contribution in [0.1, 0.15) is 23.2 Å². The second-order valence-corrected chi connectivity index (χ2v) is 4.87. The van der Waals surface area contributed by atoms with E-state index in [-0.39, 0.29) is 5.91 Å². The summed E-state index contributed by atoms with van der Waals surface area (Å²) in [5.74, 6) is 0.779. The van der Waals surface area contributed by atoms with Gasteiger partial charge in [-0.3, -0.25) is 9.78 Å². The van der Waals surface area contributed by atoms with Crippen LogP contribution in [-0.4, -0.2) is 41.5 Å². The summed E-state index contributed by atoms with van der Waals surface area (Å²) in [5.41, 5.74) is 0.708. The first-order chi connectivity index (χ1) is 8.36. The summed E-state index contributed by atoms with van der Waals surface area (Å²) in [6, 6.07) is 4.06. The third kappa shape index (κ3) is 1.93. The molecule has 4 heteroatoms. The lowest BCUT2D eigenvalue weighted by atomic mass is 9.91. The number of rotatable bonds is 1. The minimum atomic E-state index is 0.136. The Kier molecular flexibility index (Phi) is 2.81. The number of carbonyl (C=O) groups excluding carboxylic acids is 1. The second-order valence-electron chi connectivity index (χ2n) is 4.87. The van der Waals surface area contributed by atoms with Gasteiger partial charge < -0.3 is 10.2 Å².